The van der Waals surface area contributed by atoms with Gasteiger partial charge in [0.1, 0.15) is 5.02 Å². The molecular formula is C26H28Cl2N2O3. The average molecular weight is 487 g/mol. The van der Waals surface area contributed by atoms with Crippen LogP contribution in [0.4, 0.5) is 5.69 Å². The molecule has 3 aromatic rings. The van der Waals surface area contributed by atoms with Gasteiger partial charge in [-0.05, 0) is 60.7 Å². The van der Waals surface area contributed by atoms with E-state index < -0.39 is 5.97 Å². The van der Waals surface area contributed by atoms with Gasteiger partial charge >= 0.3 is 5.97 Å². The van der Waals surface area contributed by atoms with Crippen LogP contribution < -0.4 is 10.5 Å². The lowest BCUT2D eigenvalue weighted by atomic mass is 10.0. The molecule has 0 amide bonds. The van der Waals surface area contributed by atoms with Crippen LogP contribution in [0.25, 0.3) is 0 Å². The third-order valence-electron chi connectivity index (χ3n) is 5.75. The molecule has 0 aliphatic rings. The SMILES string of the molecule is CCN(Cc1c(Cl)cc(Cl)c(=O)n1CCc1ccc(C(=O)O)cc1)c1cccc(C(C)C)c1. The first-order valence-electron chi connectivity index (χ1n) is 11.0. The number of nitrogens with zero attached hydrogens (tertiary/aromatic N) is 2. The van der Waals surface area contributed by atoms with E-state index in [9.17, 15) is 9.59 Å². The van der Waals surface area contributed by atoms with E-state index in [1.54, 1.807) is 28.8 Å². The van der Waals surface area contributed by atoms with Crippen molar-refractivity contribution >= 4 is 34.9 Å². The van der Waals surface area contributed by atoms with Crippen molar-refractivity contribution in [3.05, 3.63) is 97.4 Å². The van der Waals surface area contributed by atoms with Gasteiger partial charge in [-0.2, -0.15) is 0 Å². The van der Waals surface area contributed by atoms with Crippen molar-refractivity contribution in [2.75, 3.05) is 11.4 Å². The minimum absolute atomic E-state index is 0.0785. The van der Waals surface area contributed by atoms with E-state index in [4.69, 9.17) is 28.3 Å². The summed E-state index contributed by atoms with van der Waals surface area (Å²) in [4.78, 5) is 26.2. The van der Waals surface area contributed by atoms with Gasteiger partial charge in [-0.15, -0.1) is 0 Å². The first kappa shape index (κ1) is 24.9. The highest BCUT2D eigenvalue weighted by Crippen LogP contribution is 2.26. The van der Waals surface area contributed by atoms with E-state index in [-0.39, 0.29) is 16.1 Å². The molecule has 7 heteroatoms. The van der Waals surface area contributed by atoms with Gasteiger partial charge in [0.2, 0.25) is 0 Å². The van der Waals surface area contributed by atoms with Gasteiger partial charge in [0.15, 0.2) is 0 Å². The van der Waals surface area contributed by atoms with Crippen molar-refractivity contribution in [1.82, 2.24) is 4.57 Å². The standard InChI is InChI=1S/C26H28Cl2N2O3/c1-4-29(21-7-5-6-20(14-21)17(2)3)16-24-22(27)15-23(28)25(31)30(24)13-12-18-8-10-19(11-9-18)26(32)33/h5-11,14-15,17H,4,12-13,16H2,1-3H3,(H,32,33). The van der Waals surface area contributed by atoms with Gasteiger partial charge in [-0.3, -0.25) is 4.79 Å². The highest BCUT2D eigenvalue weighted by Gasteiger charge is 2.17. The summed E-state index contributed by atoms with van der Waals surface area (Å²) in [5.41, 5.74) is 3.87. The number of aromatic carboxylic acids is 1. The number of benzene rings is 2. The van der Waals surface area contributed by atoms with Gasteiger partial charge in [0, 0.05) is 18.8 Å². The van der Waals surface area contributed by atoms with Crippen molar-refractivity contribution in [3.63, 3.8) is 0 Å². The van der Waals surface area contributed by atoms with Crippen molar-refractivity contribution in [1.29, 1.82) is 0 Å². The Bertz CT molecular complexity index is 1190. The van der Waals surface area contributed by atoms with Crippen LogP contribution in [0.3, 0.4) is 0 Å². The second-order valence-corrected chi connectivity index (χ2v) is 9.07. The number of aromatic nitrogens is 1. The number of carboxylic acids is 1. The molecule has 0 atom stereocenters. The van der Waals surface area contributed by atoms with Crippen molar-refractivity contribution in [3.8, 4) is 0 Å². The molecule has 0 saturated heterocycles. The van der Waals surface area contributed by atoms with E-state index in [1.165, 1.54) is 11.6 Å². The van der Waals surface area contributed by atoms with Crippen LogP contribution >= 0.6 is 23.2 Å². The Balaban J connectivity index is 1.91. The second kappa shape index (κ2) is 10.9. The van der Waals surface area contributed by atoms with Gasteiger partial charge in [0.25, 0.3) is 5.56 Å². The summed E-state index contributed by atoms with van der Waals surface area (Å²) in [5, 5.41) is 9.61. The van der Waals surface area contributed by atoms with Gasteiger partial charge in [-0.25, -0.2) is 4.79 Å². The Morgan fingerprint density at radius 3 is 2.36 bits per heavy atom. The lowest BCUT2D eigenvalue weighted by Crippen LogP contribution is -2.31. The number of carboxylic acid groups (broad SMARTS) is 1. The van der Waals surface area contributed by atoms with Crippen LogP contribution in [0.1, 0.15) is 53.9 Å². The molecule has 0 saturated carbocycles. The molecule has 0 fully saturated rings. The molecule has 0 radical (unpaired) electrons. The maximum atomic E-state index is 12.9. The third-order valence-corrected chi connectivity index (χ3v) is 6.35. The quantitative estimate of drug-likeness (QED) is 0.388. The molecular weight excluding hydrogens is 459 g/mol. The lowest BCUT2D eigenvalue weighted by Gasteiger charge is -2.26. The summed E-state index contributed by atoms with van der Waals surface area (Å²) in [6.07, 6.45) is 0.540. The predicted octanol–water partition coefficient (Wildman–Crippen LogP) is 6.25. The largest absolute Gasteiger partial charge is 0.478 e. The Morgan fingerprint density at radius 2 is 1.76 bits per heavy atom. The number of halogens is 2. The first-order chi connectivity index (χ1) is 15.7. The number of hydrogen-bond acceptors (Lipinski definition) is 3. The Kier molecular flexibility index (Phi) is 8.22. The molecule has 0 aliphatic carbocycles. The van der Waals surface area contributed by atoms with Crippen molar-refractivity contribution in [2.45, 2.75) is 46.2 Å². The first-order valence-corrected chi connectivity index (χ1v) is 11.7. The van der Waals surface area contributed by atoms with E-state index in [1.807, 2.05) is 6.07 Å². The summed E-state index contributed by atoms with van der Waals surface area (Å²) in [7, 11) is 0. The van der Waals surface area contributed by atoms with E-state index >= 15 is 0 Å². The van der Waals surface area contributed by atoms with Crippen LogP contribution in [-0.4, -0.2) is 22.2 Å². The van der Waals surface area contributed by atoms with E-state index in [0.717, 1.165) is 17.8 Å². The minimum atomic E-state index is -0.970. The summed E-state index contributed by atoms with van der Waals surface area (Å²) < 4.78 is 1.63. The third kappa shape index (κ3) is 5.98. The second-order valence-electron chi connectivity index (χ2n) is 8.26. The number of rotatable bonds is 9. The number of anilines is 1. The van der Waals surface area contributed by atoms with Gasteiger partial charge in [0.05, 0.1) is 22.8 Å². The highest BCUT2D eigenvalue weighted by molar-refractivity contribution is 6.34. The predicted molar refractivity (Wildman–Crippen MR) is 135 cm³/mol. The molecule has 174 valence electrons. The zero-order chi connectivity index (χ0) is 24.1. The number of pyridine rings is 1. The summed E-state index contributed by atoms with van der Waals surface area (Å²) in [5.74, 6) is -0.559. The fourth-order valence-electron chi connectivity index (χ4n) is 3.74. The summed E-state index contributed by atoms with van der Waals surface area (Å²) in [6.45, 7) is 7.97. The molecule has 0 bridgehead atoms. The molecule has 3 rings (SSSR count). The topological polar surface area (TPSA) is 62.5 Å². The normalized spacial score (nSPS) is 11.1. The molecule has 1 N–H and O–H groups in total. The molecule has 0 aliphatic heterocycles. The molecule has 33 heavy (non-hydrogen) atoms. The molecule has 0 spiro atoms. The lowest BCUT2D eigenvalue weighted by molar-refractivity contribution is 0.0697. The number of hydrogen-bond donors (Lipinski definition) is 1. The van der Waals surface area contributed by atoms with Crippen LogP contribution in [-0.2, 0) is 19.5 Å². The zero-order valence-corrected chi connectivity index (χ0v) is 20.5. The fraction of sp³-hybridized carbons (Fsp3) is 0.308. The fourth-order valence-corrected chi connectivity index (χ4v) is 4.27. The van der Waals surface area contributed by atoms with Crippen LogP contribution in [0.15, 0.2) is 59.4 Å². The van der Waals surface area contributed by atoms with E-state index in [2.05, 4.69) is 43.9 Å². The molecule has 1 heterocycles. The smallest absolute Gasteiger partial charge is 0.335 e. The van der Waals surface area contributed by atoms with E-state index in [0.29, 0.717) is 36.1 Å². The van der Waals surface area contributed by atoms with Crippen LogP contribution in [0, 0.1) is 0 Å². The monoisotopic (exact) mass is 486 g/mol. The van der Waals surface area contributed by atoms with Crippen LogP contribution in [0.5, 0.6) is 0 Å². The summed E-state index contributed by atoms with van der Waals surface area (Å²) in [6, 6.07) is 16.5. The Labute approximate surface area is 204 Å². The van der Waals surface area contributed by atoms with Crippen molar-refractivity contribution < 1.29 is 9.90 Å². The Hall–Kier alpha value is -2.76. The molecule has 1 aromatic heterocycles. The van der Waals surface area contributed by atoms with Gasteiger partial charge in [-0.1, -0.05) is 61.3 Å². The Morgan fingerprint density at radius 1 is 1.06 bits per heavy atom. The highest BCUT2D eigenvalue weighted by atomic mass is 35.5. The molecule has 5 nitrogen and oxygen atoms in total. The van der Waals surface area contributed by atoms with Crippen molar-refractivity contribution in [2.24, 2.45) is 0 Å². The maximum absolute atomic E-state index is 12.9. The van der Waals surface area contributed by atoms with Gasteiger partial charge < -0.3 is 14.6 Å². The average Bonchev–Trinajstić information content (AvgIpc) is 2.80. The molecule has 0 unspecified atom stereocenters. The minimum Gasteiger partial charge on any atom is -0.478 e. The number of carbonyl (C=O) groups is 1. The molecule has 2 aromatic carbocycles. The summed E-state index contributed by atoms with van der Waals surface area (Å²) >= 11 is 12.8. The van der Waals surface area contributed by atoms with Crippen LogP contribution in [0.2, 0.25) is 10.0 Å². The number of aryl methyl sites for hydroxylation is 1. The zero-order valence-electron chi connectivity index (χ0n) is 19.0. The maximum Gasteiger partial charge on any atom is 0.335 e.